The third kappa shape index (κ3) is 7.30. The quantitative estimate of drug-likeness (QED) is 0.360. The van der Waals surface area contributed by atoms with Gasteiger partial charge in [-0.25, -0.2) is 9.59 Å². The maximum Gasteiger partial charge on any atom is 0.354 e. The van der Waals surface area contributed by atoms with E-state index in [1.165, 1.54) is 46.6 Å². The number of ether oxygens (including phenoxy) is 4. The molecule has 1 saturated heterocycles. The van der Waals surface area contributed by atoms with Crippen molar-refractivity contribution in [1.29, 1.82) is 0 Å². The summed E-state index contributed by atoms with van der Waals surface area (Å²) in [7, 11) is 4.01. The number of anilines is 1. The minimum Gasteiger partial charge on any atom is -0.493 e. The molecule has 0 amide bonds. The fourth-order valence-electron chi connectivity index (χ4n) is 3.11. The topological polar surface area (TPSA) is 86.3 Å². The van der Waals surface area contributed by atoms with Crippen molar-refractivity contribution in [2.45, 2.75) is 25.7 Å². The van der Waals surface area contributed by atoms with E-state index in [0.717, 1.165) is 19.0 Å². The molecule has 29 heavy (non-hydrogen) atoms. The summed E-state index contributed by atoms with van der Waals surface area (Å²) in [6.45, 7) is 3.97. The van der Waals surface area contributed by atoms with Gasteiger partial charge in [0, 0.05) is 18.3 Å². The number of benzene rings is 1. The predicted octanol–water partition coefficient (Wildman–Crippen LogP) is 2.59. The van der Waals surface area contributed by atoms with Crippen molar-refractivity contribution in [3.8, 4) is 11.5 Å². The third-order valence-electron chi connectivity index (χ3n) is 4.64. The van der Waals surface area contributed by atoms with Crippen LogP contribution < -0.4 is 14.8 Å². The van der Waals surface area contributed by atoms with Crippen LogP contribution in [0.1, 0.15) is 25.7 Å². The number of nitrogens with zero attached hydrogens (tertiary/aromatic N) is 1. The lowest BCUT2D eigenvalue weighted by atomic mass is 10.1. The van der Waals surface area contributed by atoms with Gasteiger partial charge < -0.3 is 29.2 Å². The summed E-state index contributed by atoms with van der Waals surface area (Å²) in [4.78, 5) is 25.8. The molecule has 2 rings (SSSR count). The molecule has 1 N–H and O–H groups in total. The molecule has 0 spiro atoms. The van der Waals surface area contributed by atoms with Gasteiger partial charge in [-0.15, -0.1) is 0 Å². The minimum atomic E-state index is -0.688. The highest BCUT2D eigenvalue weighted by Gasteiger charge is 2.15. The van der Waals surface area contributed by atoms with Gasteiger partial charge in [0.2, 0.25) is 0 Å². The lowest BCUT2D eigenvalue weighted by Gasteiger charge is -2.26. The van der Waals surface area contributed by atoms with E-state index in [1.807, 2.05) is 0 Å². The number of carbonyl (C=O) groups is 2. The highest BCUT2D eigenvalue weighted by atomic mass is 16.5. The molecule has 8 nitrogen and oxygen atoms in total. The van der Waals surface area contributed by atoms with E-state index >= 15 is 0 Å². The number of esters is 2. The van der Waals surface area contributed by atoms with Crippen LogP contribution in [-0.4, -0.2) is 64.4 Å². The summed E-state index contributed by atoms with van der Waals surface area (Å²) in [5.74, 6) is -0.213. The van der Waals surface area contributed by atoms with E-state index in [4.69, 9.17) is 9.47 Å². The second-order valence-electron chi connectivity index (χ2n) is 6.67. The summed E-state index contributed by atoms with van der Waals surface area (Å²) in [5, 5.41) is 2.85. The van der Waals surface area contributed by atoms with Crippen molar-refractivity contribution < 1.29 is 28.5 Å². The molecular formula is C21H30N2O6. The molecule has 0 aliphatic carbocycles. The molecule has 1 aliphatic rings. The highest BCUT2D eigenvalue weighted by molar-refractivity contribution is 5.98. The van der Waals surface area contributed by atoms with E-state index in [1.54, 1.807) is 25.3 Å². The molecule has 1 fully saturated rings. The fraction of sp³-hybridized carbons (Fsp3) is 0.524. The maximum absolute atomic E-state index is 11.9. The zero-order valence-corrected chi connectivity index (χ0v) is 17.4. The monoisotopic (exact) mass is 406 g/mol. The summed E-state index contributed by atoms with van der Waals surface area (Å²) >= 11 is 0. The first kappa shape index (κ1) is 22.5. The molecule has 1 aliphatic heterocycles. The smallest absolute Gasteiger partial charge is 0.354 e. The van der Waals surface area contributed by atoms with Gasteiger partial charge in [-0.1, -0.05) is 6.42 Å². The van der Waals surface area contributed by atoms with Crippen molar-refractivity contribution in [1.82, 2.24) is 4.90 Å². The molecule has 0 atom stereocenters. The Balaban J connectivity index is 1.96. The predicted molar refractivity (Wildman–Crippen MR) is 109 cm³/mol. The average Bonchev–Trinajstić information content (AvgIpc) is 2.76. The van der Waals surface area contributed by atoms with E-state index in [0.29, 0.717) is 23.8 Å². The van der Waals surface area contributed by atoms with E-state index in [-0.39, 0.29) is 5.70 Å². The van der Waals surface area contributed by atoms with Crippen molar-refractivity contribution in [3.05, 3.63) is 30.0 Å². The molecule has 0 bridgehead atoms. The van der Waals surface area contributed by atoms with Crippen molar-refractivity contribution in [3.63, 3.8) is 0 Å². The molecule has 1 aromatic rings. The maximum atomic E-state index is 11.9. The number of methoxy groups -OCH3 is 3. The summed E-state index contributed by atoms with van der Waals surface area (Å²) in [6.07, 6.45) is 5.86. The minimum absolute atomic E-state index is 0.0448. The number of nitrogens with one attached hydrogen (secondary N) is 1. The number of piperidine rings is 1. The van der Waals surface area contributed by atoms with Crippen LogP contribution in [0.4, 0.5) is 5.69 Å². The SMILES string of the molecule is COC(=O)/C=C(/Nc1ccc(OCCCN2CCCCC2)c(OC)c1)C(=O)OC. The lowest BCUT2D eigenvalue weighted by molar-refractivity contribution is -0.138. The Bertz CT molecular complexity index is 713. The Morgan fingerprint density at radius 1 is 1.07 bits per heavy atom. The van der Waals surface area contributed by atoms with Crippen LogP contribution >= 0.6 is 0 Å². The Morgan fingerprint density at radius 2 is 1.83 bits per heavy atom. The van der Waals surface area contributed by atoms with Gasteiger partial charge in [0.25, 0.3) is 0 Å². The Hall–Kier alpha value is -2.74. The zero-order chi connectivity index (χ0) is 21.1. The first-order valence-electron chi connectivity index (χ1n) is 9.75. The standard InChI is InChI=1S/C21H30N2O6/c1-26-19-14-16(22-17(21(25)28-3)15-20(24)27-2)8-9-18(19)29-13-7-12-23-10-5-4-6-11-23/h8-9,14-15,22H,4-7,10-13H2,1-3H3/b17-15+. The van der Waals surface area contributed by atoms with Crippen LogP contribution in [0.15, 0.2) is 30.0 Å². The average molecular weight is 406 g/mol. The van der Waals surface area contributed by atoms with Crippen LogP contribution in [0.2, 0.25) is 0 Å². The number of hydrogen-bond donors (Lipinski definition) is 1. The molecule has 0 aromatic heterocycles. The van der Waals surface area contributed by atoms with Crippen molar-refractivity contribution in [2.75, 3.05) is 52.9 Å². The van der Waals surface area contributed by atoms with Crippen LogP contribution in [0.5, 0.6) is 11.5 Å². The molecule has 0 radical (unpaired) electrons. The van der Waals surface area contributed by atoms with E-state index in [9.17, 15) is 9.59 Å². The normalized spacial score (nSPS) is 14.8. The van der Waals surface area contributed by atoms with Crippen molar-refractivity contribution in [2.24, 2.45) is 0 Å². The van der Waals surface area contributed by atoms with Gasteiger partial charge in [0.05, 0.1) is 34.0 Å². The Kier molecular flexibility index (Phi) is 9.30. The van der Waals surface area contributed by atoms with E-state index < -0.39 is 11.9 Å². The van der Waals surface area contributed by atoms with Gasteiger partial charge in [0.15, 0.2) is 11.5 Å². The second-order valence-corrected chi connectivity index (χ2v) is 6.67. The molecule has 0 saturated carbocycles. The first-order valence-corrected chi connectivity index (χ1v) is 9.75. The first-order chi connectivity index (χ1) is 14.1. The molecule has 8 heteroatoms. The zero-order valence-electron chi connectivity index (χ0n) is 17.4. The molecule has 0 unspecified atom stereocenters. The van der Waals surface area contributed by atoms with Gasteiger partial charge >= 0.3 is 11.9 Å². The highest BCUT2D eigenvalue weighted by Crippen LogP contribution is 2.31. The van der Waals surface area contributed by atoms with Crippen LogP contribution in [0.3, 0.4) is 0 Å². The van der Waals surface area contributed by atoms with E-state index in [2.05, 4.69) is 19.7 Å². The van der Waals surface area contributed by atoms with Gasteiger partial charge in [0.1, 0.15) is 5.70 Å². The summed E-state index contributed by atoms with van der Waals surface area (Å²) < 4.78 is 20.5. The number of carbonyl (C=O) groups excluding carboxylic acids is 2. The largest absolute Gasteiger partial charge is 0.493 e. The number of likely N-dealkylation sites (tertiary alicyclic amines) is 1. The summed E-state index contributed by atoms with van der Waals surface area (Å²) in [5.41, 5.74) is 0.500. The third-order valence-corrected chi connectivity index (χ3v) is 4.64. The lowest BCUT2D eigenvalue weighted by Crippen LogP contribution is -2.31. The van der Waals surface area contributed by atoms with Gasteiger partial charge in [-0.05, 0) is 44.5 Å². The second kappa shape index (κ2) is 12.0. The van der Waals surface area contributed by atoms with Gasteiger partial charge in [-0.3, -0.25) is 0 Å². The van der Waals surface area contributed by atoms with Crippen LogP contribution in [0.25, 0.3) is 0 Å². The number of rotatable bonds is 10. The van der Waals surface area contributed by atoms with Crippen molar-refractivity contribution >= 4 is 17.6 Å². The summed E-state index contributed by atoms with van der Waals surface area (Å²) in [6, 6.07) is 5.18. The van der Waals surface area contributed by atoms with Crippen LogP contribution in [-0.2, 0) is 19.1 Å². The van der Waals surface area contributed by atoms with Gasteiger partial charge in [-0.2, -0.15) is 0 Å². The number of hydrogen-bond acceptors (Lipinski definition) is 8. The van der Waals surface area contributed by atoms with Crippen LogP contribution in [0, 0.1) is 0 Å². The molecule has 160 valence electrons. The molecule has 1 aromatic carbocycles. The fourth-order valence-corrected chi connectivity index (χ4v) is 3.11. The Labute approximate surface area is 171 Å². The Morgan fingerprint density at radius 3 is 2.48 bits per heavy atom. The molecular weight excluding hydrogens is 376 g/mol. The molecule has 1 heterocycles.